The minimum Gasteiger partial charge on any atom is -0.425 e. The van der Waals surface area contributed by atoms with Gasteiger partial charge >= 0.3 is 18.1 Å². The Balaban J connectivity index is 1.75. The Morgan fingerprint density at radius 2 is 1.88 bits per heavy atom. The van der Waals surface area contributed by atoms with Crippen LogP contribution in [-0.4, -0.2) is 48.5 Å². The minimum absolute atomic E-state index is 0.112. The highest BCUT2D eigenvalue weighted by Crippen LogP contribution is 2.24. The zero-order valence-corrected chi connectivity index (χ0v) is 14.1. The number of nitrogens with zero attached hydrogens (tertiary/aromatic N) is 1. The predicted molar refractivity (Wildman–Crippen MR) is 85.2 cm³/mol. The van der Waals surface area contributed by atoms with Crippen LogP contribution in [-0.2, 0) is 14.4 Å². The molecule has 2 rings (SSSR count). The number of piperidine rings is 1. The van der Waals surface area contributed by atoms with Crippen molar-refractivity contribution in [3.63, 3.8) is 0 Å². The predicted octanol–water partition coefficient (Wildman–Crippen LogP) is 1.82. The average molecular weight is 372 g/mol. The first-order valence-corrected chi connectivity index (χ1v) is 8.08. The van der Waals surface area contributed by atoms with E-state index in [1.807, 2.05) is 13.0 Å². The molecule has 1 fully saturated rings. The van der Waals surface area contributed by atoms with Gasteiger partial charge in [-0.25, -0.2) is 4.79 Å². The number of rotatable bonds is 4. The third-order valence-electron chi connectivity index (χ3n) is 4.02. The molecule has 0 atom stereocenters. The summed E-state index contributed by atoms with van der Waals surface area (Å²) >= 11 is 0. The number of hydrogen-bond donors (Lipinski definition) is 1. The average Bonchev–Trinajstić information content (AvgIpc) is 2.58. The highest BCUT2D eigenvalue weighted by molar-refractivity contribution is 5.85. The highest BCUT2D eigenvalue weighted by Gasteiger charge is 2.43. The van der Waals surface area contributed by atoms with Crippen LogP contribution in [0.3, 0.4) is 0 Å². The number of carbonyl (C=O) groups is 3. The summed E-state index contributed by atoms with van der Waals surface area (Å²) in [7, 11) is 0. The van der Waals surface area contributed by atoms with Gasteiger partial charge in [-0.1, -0.05) is 12.1 Å². The van der Waals surface area contributed by atoms with Crippen molar-refractivity contribution in [3.8, 4) is 5.75 Å². The lowest BCUT2D eigenvalue weighted by molar-refractivity contribution is -0.186. The van der Waals surface area contributed by atoms with Crippen molar-refractivity contribution in [3.05, 3.63) is 29.8 Å². The van der Waals surface area contributed by atoms with Gasteiger partial charge in [0, 0.05) is 19.0 Å². The van der Waals surface area contributed by atoms with E-state index in [9.17, 15) is 27.6 Å². The van der Waals surface area contributed by atoms with Gasteiger partial charge in [0.05, 0.1) is 0 Å². The molecule has 0 aliphatic carbocycles. The van der Waals surface area contributed by atoms with Gasteiger partial charge in [-0.2, -0.15) is 13.2 Å². The molecule has 0 radical (unpaired) electrons. The molecule has 0 aromatic heterocycles. The number of halogens is 3. The molecule has 2 amide bonds. The second-order valence-electron chi connectivity index (χ2n) is 6.07. The van der Waals surface area contributed by atoms with Crippen molar-refractivity contribution in [1.29, 1.82) is 0 Å². The summed E-state index contributed by atoms with van der Waals surface area (Å²) in [6.45, 7) is 1.21. The normalized spacial score (nSPS) is 15.5. The van der Waals surface area contributed by atoms with Crippen LogP contribution >= 0.6 is 0 Å². The standard InChI is InChI=1S/C17H19F3N2O4/c1-11-3-2-4-13(9-11)26-14(23)10-21-15(24)12-5-7-22(8-6-12)16(25)17(18,19)20/h2-4,9,12H,5-8,10H2,1H3,(H,21,24). The Kier molecular flexibility index (Phi) is 6.23. The molecule has 0 spiro atoms. The fourth-order valence-corrected chi connectivity index (χ4v) is 2.67. The number of benzene rings is 1. The summed E-state index contributed by atoms with van der Waals surface area (Å²) in [6, 6.07) is 6.86. The lowest BCUT2D eigenvalue weighted by Crippen LogP contribution is -2.48. The summed E-state index contributed by atoms with van der Waals surface area (Å²) in [5, 5.41) is 2.42. The van der Waals surface area contributed by atoms with Gasteiger partial charge in [0.1, 0.15) is 12.3 Å². The maximum Gasteiger partial charge on any atom is 0.471 e. The summed E-state index contributed by atoms with van der Waals surface area (Å²) in [5.41, 5.74) is 0.916. The van der Waals surface area contributed by atoms with Gasteiger partial charge in [0.25, 0.3) is 0 Å². The summed E-state index contributed by atoms with van der Waals surface area (Å²) < 4.78 is 42.2. The number of hydrogen-bond acceptors (Lipinski definition) is 4. The van der Waals surface area contributed by atoms with Crippen molar-refractivity contribution in [2.75, 3.05) is 19.6 Å². The molecule has 1 N–H and O–H groups in total. The molecule has 142 valence electrons. The molecule has 0 bridgehead atoms. The summed E-state index contributed by atoms with van der Waals surface area (Å²) in [6.07, 6.45) is -4.68. The molecule has 1 aliphatic rings. The van der Waals surface area contributed by atoms with E-state index >= 15 is 0 Å². The van der Waals surface area contributed by atoms with E-state index in [1.165, 1.54) is 0 Å². The SMILES string of the molecule is Cc1cccc(OC(=O)CNC(=O)C2CCN(C(=O)C(F)(F)F)CC2)c1. The van der Waals surface area contributed by atoms with Crippen molar-refractivity contribution >= 4 is 17.8 Å². The molecule has 1 saturated heterocycles. The number of amides is 2. The van der Waals surface area contributed by atoms with Crippen molar-refractivity contribution < 1.29 is 32.3 Å². The molecule has 1 aliphatic heterocycles. The number of ether oxygens (including phenoxy) is 1. The van der Waals surface area contributed by atoms with E-state index in [1.54, 1.807) is 18.2 Å². The maximum atomic E-state index is 12.4. The third kappa shape index (κ3) is 5.47. The van der Waals surface area contributed by atoms with E-state index in [-0.39, 0.29) is 32.5 Å². The molecule has 1 aromatic carbocycles. The van der Waals surface area contributed by atoms with Gasteiger partial charge in [0.15, 0.2) is 0 Å². The molecule has 1 aromatic rings. The van der Waals surface area contributed by atoms with E-state index in [2.05, 4.69) is 5.32 Å². The molecule has 9 heteroatoms. The van der Waals surface area contributed by atoms with Crippen LogP contribution in [0.5, 0.6) is 5.75 Å². The number of nitrogens with one attached hydrogen (secondary N) is 1. The number of likely N-dealkylation sites (tertiary alicyclic amines) is 1. The minimum atomic E-state index is -4.91. The van der Waals surface area contributed by atoms with Crippen LogP contribution in [0.25, 0.3) is 0 Å². The number of aryl methyl sites for hydroxylation is 1. The lowest BCUT2D eigenvalue weighted by Gasteiger charge is -2.31. The van der Waals surface area contributed by atoms with E-state index in [4.69, 9.17) is 4.74 Å². The van der Waals surface area contributed by atoms with E-state index < -0.39 is 29.9 Å². The van der Waals surface area contributed by atoms with Crippen LogP contribution in [0.1, 0.15) is 18.4 Å². The van der Waals surface area contributed by atoms with Crippen molar-refractivity contribution in [2.45, 2.75) is 25.9 Å². The molecule has 1 heterocycles. The van der Waals surface area contributed by atoms with Gasteiger partial charge in [-0.05, 0) is 37.5 Å². The lowest BCUT2D eigenvalue weighted by atomic mass is 9.96. The Labute approximate surface area is 148 Å². The molecular weight excluding hydrogens is 353 g/mol. The van der Waals surface area contributed by atoms with E-state index in [0.29, 0.717) is 10.6 Å². The first-order chi connectivity index (χ1) is 12.2. The maximum absolute atomic E-state index is 12.4. The Morgan fingerprint density at radius 3 is 2.46 bits per heavy atom. The number of alkyl halides is 3. The molecular formula is C17H19F3N2O4. The summed E-state index contributed by atoms with van der Waals surface area (Å²) in [4.78, 5) is 35.6. The van der Waals surface area contributed by atoms with Gasteiger partial charge < -0.3 is 15.0 Å². The fourth-order valence-electron chi connectivity index (χ4n) is 2.67. The van der Waals surface area contributed by atoms with Crippen LogP contribution in [0.4, 0.5) is 13.2 Å². The van der Waals surface area contributed by atoms with Crippen LogP contribution in [0, 0.1) is 12.8 Å². The molecule has 0 saturated carbocycles. The monoisotopic (exact) mass is 372 g/mol. The quantitative estimate of drug-likeness (QED) is 0.646. The van der Waals surface area contributed by atoms with E-state index in [0.717, 1.165) is 5.56 Å². The Morgan fingerprint density at radius 1 is 1.23 bits per heavy atom. The summed E-state index contributed by atoms with van der Waals surface area (Å²) in [5.74, 6) is -3.15. The first kappa shape index (κ1) is 19.7. The van der Waals surface area contributed by atoms with Crippen LogP contribution in [0.15, 0.2) is 24.3 Å². The van der Waals surface area contributed by atoms with Crippen molar-refractivity contribution in [2.24, 2.45) is 5.92 Å². The molecule has 0 unspecified atom stereocenters. The fraction of sp³-hybridized carbons (Fsp3) is 0.471. The van der Waals surface area contributed by atoms with Crippen LogP contribution < -0.4 is 10.1 Å². The third-order valence-corrected chi connectivity index (χ3v) is 4.02. The van der Waals surface area contributed by atoms with Crippen LogP contribution in [0.2, 0.25) is 0 Å². The Hall–Kier alpha value is -2.58. The smallest absolute Gasteiger partial charge is 0.425 e. The second kappa shape index (κ2) is 8.20. The Bertz CT molecular complexity index is 683. The topological polar surface area (TPSA) is 75.7 Å². The van der Waals surface area contributed by atoms with Crippen molar-refractivity contribution in [1.82, 2.24) is 10.2 Å². The van der Waals surface area contributed by atoms with Gasteiger partial charge in [-0.3, -0.25) is 9.59 Å². The number of carbonyl (C=O) groups excluding carboxylic acids is 3. The zero-order chi connectivity index (χ0) is 19.3. The molecule has 26 heavy (non-hydrogen) atoms. The van der Waals surface area contributed by atoms with Gasteiger partial charge in [-0.15, -0.1) is 0 Å². The highest BCUT2D eigenvalue weighted by atomic mass is 19.4. The zero-order valence-electron chi connectivity index (χ0n) is 14.1. The second-order valence-corrected chi connectivity index (χ2v) is 6.07. The number of esters is 1. The largest absolute Gasteiger partial charge is 0.471 e. The van der Waals surface area contributed by atoms with Gasteiger partial charge in [0.2, 0.25) is 5.91 Å². The molecule has 6 nitrogen and oxygen atoms in total. The first-order valence-electron chi connectivity index (χ1n) is 8.08.